The Morgan fingerprint density at radius 2 is 2.05 bits per heavy atom. The van der Waals surface area contributed by atoms with E-state index in [1.807, 2.05) is 6.26 Å². The molecule has 2 N–H and O–H groups in total. The van der Waals surface area contributed by atoms with Crippen LogP contribution in [0.5, 0.6) is 5.75 Å². The van der Waals surface area contributed by atoms with Gasteiger partial charge >= 0.3 is 5.97 Å². The van der Waals surface area contributed by atoms with Crippen molar-refractivity contribution in [1.29, 1.82) is 0 Å². The van der Waals surface area contributed by atoms with Crippen molar-refractivity contribution in [2.75, 3.05) is 19.1 Å². The predicted molar refractivity (Wildman–Crippen MR) is 77.9 cm³/mol. The van der Waals surface area contributed by atoms with Crippen molar-refractivity contribution in [1.82, 2.24) is 4.31 Å². The van der Waals surface area contributed by atoms with E-state index in [1.165, 1.54) is 29.2 Å². The summed E-state index contributed by atoms with van der Waals surface area (Å²) < 4.78 is 25.9. The van der Waals surface area contributed by atoms with Crippen LogP contribution < -0.4 is 0 Å². The minimum Gasteiger partial charge on any atom is -0.507 e. The molecule has 0 fully saturated rings. The van der Waals surface area contributed by atoms with Crippen LogP contribution in [0, 0.1) is 0 Å². The summed E-state index contributed by atoms with van der Waals surface area (Å²) >= 11 is 1.52. The van der Waals surface area contributed by atoms with Crippen molar-refractivity contribution >= 4 is 27.8 Å². The van der Waals surface area contributed by atoms with Crippen LogP contribution in [0.15, 0.2) is 23.1 Å². The maximum absolute atomic E-state index is 12.4. The number of carboxylic acids is 1. The summed E-state index contributed by atoms with van der Waals surface area (Å²) in [4.78, 5) is 10.8. The van der Waals surface area contributed by atoms with Gasteiger partial charge in [0.2, 0.25) is 10.0 Å². The van der Waals surface area contributed by atoms with E-state index in [1.54, 1.807) is 6.92 Å². The number of nitrogens with zero attached hydrogens (tertiary/aromatic N) is 1. The van der Waals surface area contributed by atoms with Gasteiger partial charge in [-0.2, -0.15) is 16.1 Å². The van der Waals surface area contributed by atoms with Crippen molar-refractivity contribution in [3.05, 3.63) is 23.8 Å². The number of aromatic carboxylic acids is 1. The molecule has 0 aliphatic heterocycles. The first-order valence-corrected chi connectivity index (χ1v) is 8.58. The Hall–Kier alpha value is -1.25. The smallest absolute Gasteiger partial charge is 0.339 e. The second-order valence-corrected chi connectivity index (χ2v) is 7.22. The van der Waals surface area contributed by atoms with Gasteiger partial charge in [0.1, 0.15) is 11.3 Å². The first-order chi connectivity index (χ1) is 9.21. The lowest BCUT2D eigenvalue weighted by molar-refractivity contribution is 0.0693. The molecule has 1 aromatic carbocycles. The van der Waals surface area contributed by atoms with Gasteiger partial charge in [0.15, 0.2) is 0 Å². The molecule has 0 bridgehead atoms. The predicted octanol–water partition coefficient (Wildman–Crippen LogP) is 1.46. The van der Waals surface area contributed by atoms with Gasteiger partial charge in [-0.1, -0.05) is 0 Å². The SMILES string of the molecule is CSCC(C)N(C)S(=O)(=O)c1ccc(O)c(C(=O)O)c1. The summed E-state index contributed by atoms with van der Waals surface area (Å²) in [5.41, 5.74) is -0.433. The number of carboxylic acid groups (broad SMARTS) is 1. The van der Waals surface area contributed by atoms with Crippen molar-refractivity contribution in [2.45, 2.75) is 17.9 Å². The third kappa shape index (κ3) is 3.44. The molecule has 0 spiro atoms. The van der Waals surface area contributed by atoms with Crippen molar-refractivity contribution in [3.63, 3.8) is 0 Å². The van der Waals surface area contributed by atoms with Gasteiger partial charge < -0.3 is 10.2 Å². The highest BCUT2D eigenvalue weighted by molar-refractivity contribution is 7.98. The highest BCUT2D eigenvalue weighted by Gasteiger charge is 2.26. The zero-order chi connectivity index (χ0) is 15.5. The second-order valence-electron chi connectivity index (χ2n) is 4.31. The van der Waals surface area contributed by atoms with Crippen molar-refractivity contribution in [3.8, 4) is 5.75 Å². The lowest BCUT2D eigenvalue weighted by Gasteiger charge is -2.23. The molecule has 0 aliphatic carbocycles. The second kappa shape index (κ2) is 6.47. The normalized spacial score (nSPS) is 13.4. The highest BCUT2D eigenvalue weighted by atomic mass is 32.2. The van der Waals surface area contributed by atoms with Gasteiger partial charge in [-0.15, -0.1) is 0 Å². The number of sulfonamides is 1. The standard InChI is InChI=1S/C12H17NO5S2/c1-8(7-19-3)13(2)20(17,18)9-4-5-11(14)10(6-9)12(15)16/h4-6,8,14H,7H2,1-3H3,(H,15,16). The van der Waals surface area contributed by atoms with Crippen molar-refractivity contribution < 1.29 is 23.4 Å². The van der Waals surface area contributed by atoms with Crippen LogP contribution in [-0.4, -0.2) is 54.0 Å². The molecule has 1 rings (SSSR count). The Labute approximate surface area is 122 Å². The molecule has 1 aromatic rings. The number of thioether (sulfide) groups is 1. The monoisotopic (exact) mass is 319 g/mol. The molecule has 112 valence electrons. The van der Waals surface area contributed by atoms with Crippen LogP contribution in [0.4, 0.5) is 0 Å². The molecule has 8 heteroatoms. The van der Waals surface area contributed by atoms with Crippen LogP contribution >= 0.6 is 11.8 Å². The Morgan fingerprint density at radius 3 is 2.55 bits per heavy atom. The Kier molecular flexibility index (Phi) is 5.43. The maximum atomic E-state index is 12.4. The van der Waals surface area contributed by atoms with Gasteiger partial charge in [-0.3, -0.25) is 0 Å². The molecule has 0 heterocycles. The molecule has 0 aromatic heterocycles. The fourth-order valence-corrected chi connectivity index (χ4v) is 3.78. The Bertz CT molecular complexity index is 600. The van der Waals surface area contributed by atoms with Crippen LogP contribution in [-0.2, 0) is 10.0 Å². The molecule has 1 unspecified atom stereocenters. The minimum atomic E-state index is -3.79. The number of aromatic hydroxyl groups is 1. The van der Waals surface area contributed by atoms with E-state index < -0.39 is 27.3 Å². The summed E-state index contributed by atoms with van der Waals surface area (Å²) in [6.07, 6.45) is 1.88. The van der Waals surface area contributed by atoms with Gasteiger partial charge in [-0.25, -0.2) is 13.2 Å². The van der Waals surface area contributed by atoms with Gasteiger partial charge in [0.25, 0.3) is 0 Å². The number of hydrogen-bond donors (Lipinski definition) is 2. The van der Waals surface area contributed by atoms with E-state index in [-0.39, 0.29) is 10.9 Å². The van der Waals surface area contributed by atoms with Gasteiger partial charge in [-0.05, 0) is 31.4 Å². The molecule has 0 saturated carbocycles. The van der Waals surface area contributed by atoms with E-state index >= 15 is 0 Å². The average Bonchev–Trinajstić information content (AvgIpc) is 2.37. The van der Waals surface area contributed by atoms with Crippen LogP contribution in [0.25, 0.3) is 0 Å². The lowest BCUT2D eigenvalue weighted by atomic mass is 10.2. The van der Waals surface area contributed by atoms with E-state index in [0.29, 0.717) is 5.75 Å². The molecule has 0 radical (unpaired) electrons. The fraction of sp³-hybridized carbons (Fsp3) is 0.417. The number of carbonyl (C=O) groups is 1. The molecule has 0 saturated heterocycles. The molecular formula is C12H17NO5S2. The molecule has 1 atom stereocenters. The van der Waals surface area contributed by atoms with E-state index in [9.17, 15) is 18.3 Å². The Balaban J connectivity index is 3.22. The fourth-order valence-electron chi connectivity index (χ4n) is 1.60. The maximum Gasteiger partial charge on any atom is 0.339 e. The number of benzene rings is 1. The minimum absolute atomic E-state index is 0.150. The van der Waals surface area contributed by atoms with Crippen molar-refractivity contribution in [2.24, 2.45) is 0 Å². The number of rotatable bonds is 6. The number of hydrogen-bond acceptors (Lipinski definition) is 5. The van der Waals surface area contributed by atoms with E-state index in [4.69, 9.17) is 5.11 Å². The van der Waals surface area contributed by atoms with Crippen LogP contribution in [0.2, 0.25) is 0 Å². The first-order valence-electron chi connectivity index (χ1n) is 5.75. The third-order valence-electron chi connectivity index (χ3n) is 2.90. The quantitative estimate of drug-likeness (QED) is 0.824. The zero-order valence-corrected chi connectivity index (χ0v) is 13.0. The summed E-state index contributed by atoms with van der Waals surface area (Å²) in [6, 6.07) is 3.01. The summed E-state index contributed by atoms with van der Waals surface area (Å²) in [6.45, 7) is 1.77. The van der Waals surface area contributed by atoms with Gasteiger partial charge in [0.05, 0.1) is 4.90 Å². The molecule has 6 nitrogen and oxygen atoms in total. The molecular weight excluding hydrogens is 302 g/mol. The summed E-state index contributed by atoms with van der Waals surface area (Å²) in [5.74, 6) is -1.21. The van der Waals surface area contributed by atoms with Crippen LogP contribution in [0.1, 0.15) is 17.3 Å². The van der Waals surface area contributed by atoms with Gasteiger partial charge in [0, 0.05) is 18.8 Å². The summed E-state index contributed by atoms with van der Waals surface area (Å²) in [5, 5.41) is 18.3. The molecule has 0 amide bonds. The van der Waals surface area contributed by atoms with E-state index in [2.05, 4.69) is 0 Å². The Morgan fingerprint density at radius 1 is 1.45 bits per heavy atom. The topological polar surface area (TPSA) is 94.9 Å². The molecule has 0 aliphatic rings. The summed E-state index contributed by atoms with van der Waals surface area (Å²) in [7, 11) is -2.34. The zero-order valence-electron chi connectivity index (χ0n) is 11.4. The first kappa shape index (κ1) is 16.8. The average molecular weight is 319 g/mol. The van der Waals surface area contributed by atoms with E-state index in [0.717, 1.165) is 12.1 Å². The lowest BCUT2D eigenvalue weighted by Crippen LogP contribution is -2.36. The number of phenols is 1. The highest BCUT2D eigenvalue weighted by Crippen LogP contribution is 2.24. The largest absolute Gasteiger partial charge is 0.507 e. The third-order valence-corrected chi connectivity index (χ3v) is 5.69. The molecule has 20 heavy (non-hydrogen) atoms. The van der Waals surface area contributed by atoms with Crippen LogP contribution in [0.3, 0.4) is 0 Å².